The number of aromatic nitrogens is 2. The normalized spacial score (nSPS) is 10.7. The summed E-state index contributed by atoms with van der Waals surface area (Å²) >= 11 is 0. The lowest BCUT2D eigenvalue weighted by molar-refractivity contribution is 0.0879. The van der Waals surface area contributed by atoms with Crippen molar-refractivity contribution in [2.45, 2.75) is 6.04 Å². The molecule has 0 atom stereocenters. The van der Waals surface area contributed by atoms with E-state index in [2.05, 4.69) is 15.5 Å². The molecule has 0 saturated carbocycles. The Hall–Kier alpha value is -2.25. The molecule has 0 bridgehead atoms. The predicted octanol–water partition coefficient (Wildman–Crippen LogP) is -0.180. The van der Waals surface area contributed by atoms with E-state index in [0.717, 1.165) is 0 Å². The molecule has 7 nitrogen and oxygen atoms in total. The van der Waals surface area contributed by atoms with E-state index >= 15 is 0 Å². The van der Waals surface area contributed by atoms with E-state index < -0.39 is 6.04 Å². The second-order valence-corrected chi connectivity index (χ2v) is 3.86. The number of aliphatic hydroxyl groups excluding tert-OH is 2. The van der Waals surface area contributed by atoms with Crippen LogP contribution in [0.15, 0.2) is 35.1 Å². The Morgan fingerprint density at radius 3 is 2.47 bits per heavy atom. The van der Waals surface area contributed by atoms with Gasteiger partial charge in [-0.15, -0.1) is 10.2 Å². The first-order valence-electron chi connectivity index (χ1n) is 5.63. The molecular weight excluding hydrogens is 250 g/mol. The van der Waals surface area contributed by atoms with Gasteiger partial charge in [-0.05, 0) is 24.3 Å². The Morgan fingerprint density at radius 2 is 1.95 bits per heavy atom. The summed E-state index contributed by atoms with van der Waals surface area (Å²) in [6.45, 7) is -0.634. The maximum Gasteiger partial charge on any atom is 0.251 e. The maximum absolute atomic E-state index is 11.8. The van der Waals surface area contributed by atoms with E-state index in [1.54, 1.807) is 24.3 Å². The number of carbonyl (C=O) groups excluding carboxylic acids is 1. The molecule has 0 saturated heterocycles. The molecule has 7 heteroatoms. The number of hydrogen-bond acceptors (Lipinski definition) is 6. The van der Waals surface area contributed by atoms with Crippen LogP contribution >= 0.6 is 0 Å². The molecule has 0 radical (unpaired) electrons. The van der Waals surface area contributed by atoms with Crippen molar-refractivity contribution in [1.29, 1.82) is 0 Å². The third-order valence-corrected chi connectivity index (χ3v) is 2.53. The van der Waals surface area contributed by atoms with Crippen molar-refractivity contribution < 1.29 is 19.4 Å². The van der Waals surface area contributed by atoms with Crippen LogP contribution in [0.5, 0.6) is 0 Å². The number of aliphatic hydroxyl groups is 2. The lowest BCUT2D eigenvalue weighted by Crippen LogP contribution is -2.40. The summed E-state index contributed by atoms with van der Waals surface area (Å²) in [7, 11) is 0. The van der Waals surface area contributed by atoms with Crippen LogP contribution in [-0.4, -0.2) is 45.6 Å². The van der Waals surface area contributed by atoms with Gasteiger partial charge in [0.1, 0.15) is 0 Å². The summed E-state index contributed by atoms with van der Waals surface area (Å²) in [5, 5.41) is 27.6. The lowest BCUT2D eigenvalue weighted by atomic mass is 10.1. The highest BCUT2D eigenvalue weighted by Gasteiger charge is 2.12. The zero-order chi connectivity index (χ0) is 13.7. The minimum Gasteiger partial charge on any atom is -0.423 e. The Balaban J connectivity index is 2.08. The minimum atomic E-state index is -0.664. The molecule has 1 amide bonds. The zero-order valence-electron chi connectivity index (χ0n) is 9.98. The molecule has 0 aliphatic rings. The number of hydrogen-bond donors (Lipinski definition) is 3. The number of carbonyl (C=O) groups is 1. The Kier molecular flexibility index (Phi) is 4.22. The molecule has 2 rings (SSSR count). The standard InChI is InChI=1S/C12H13N3O4/c16-5-10(6-17)14-11(18)8-1-3-9(4-2-8)12-15-13-7-19-12/h1-4,7,10,16-17H,5-6H2,(H,14,18). The molecule has 2 aromatic rings. The molecule has 19 heavy (non-hydrogen) atoms. The van der Waals surface area contributed by atoms with Gasteiger partial charge in [-0.3, -0.25) is 4.79 Å². The van der Waals surface area contributed by atoms with Crippen molar-refractivity contribution in [3.05, 3.63) is 36.2 Å². The van der Waals surface area contributed by atoms with Gasteiger partial charge in [0, 0.05) is 11.1 Å². The molecule has 0 unspecified atom stereocenters. The fourth-order valence-electron chi connectivity index (χ4n) is 1.48. The lowest BCUT2D eigenvalue weighted by Gasteiger charge is -2.13. The molecule has 1 aromatic heterocycles. The number of rotatable bonds is 5. The summed E-state index contributed by atoms with van der Waals surface area (Å²) in [6, 6.07) is 5.88. The van der Waals surface area contributed by atoms with Gasteiger partial charge in [0.2, 0.25) is 12.3 Å². The summed E-state index contributed by atoms with van der Waals surface area (Å²) in [5.74, 6) is 0.000676. The van der Waals surface area contributed by atoms with Crippen LogP contribution < -0.4 is 5.32 Å². The van der Waals surface area contributed by atoms with Gasteiger partial charge in [0.25, 0.3) is 5.91 Å². The molecular formula is C12H13N3O4. The SMILES string of the molecule is O=C(NC(CO)CO)c1ccc(-c2nnco2)cc1. The van der Waals surface area contributed by atoms with Crippen molar-refractivity contribution in [2.24, 2.45) is 0 Å². The fourth-order valence-corrected chi connectivity index (χ4v) is 1.48. The van der Waals surface area contributed by atoms with Gasteiger partial charge in [0.05, 0.1) is 19.3 Å². The second kappa shape index (κ2) is 6.07. The van der Waals surface area contributed by atoms with Crippen molar-refractivity contribution in [3.63, 3.8) is 0 Å². The van der Waals surface area contributed by atoms with Crippen molar-refractivity contribution in [3.8, 4) is 11.5 Å². The Morgan fingerprint density at radius 1 is 1.26 bits per heavy atom. The number of benzene rings is 1. The van der Waals surface area contributed by atoms with Crippen molar-refractivity contribution >= 4 is 5.91 Å². The Labute approximate surface area is 108 Å². The smallest absolute Gasteiger partial charge is 0.251 e. The van der Waals surface area contributed by atoms with Crippen LogP contribution in [0.1, 0.15) is 10.4 Å². The third kappa shape index (κ3) is 3.15. The highest BCUT2D eigenvalue weighted by molar-refractivity contribution is 5.94. The van der Waals surface area contributed by atoms with Gasteiger partial charge >= 0.3 is 0 Å². The quantitative estimate of drug-likeness (QED) is 0.690. The topological polar surface area (TPSA) is 108 Å². The molecule has 1 heterocycles. The largest absolute Gasteiger partial charge is 0.423 e. The zero-order valence-corrected chi connectivity index (χ0v) is 9.98. The average Bonchev–Trinajstić information content (AvgIpc) is 2.99. The van der Waals surface area contributed by atoms with Gasteiger partial charge in [-0.25, -0.2) is 0 Å². The van der Waals surface area contributed by atoms with E-state index in [-0.39, 0.29) is 19.1 Å². The molecule has 1 aromatic carbocycles. The van der Waals surface area contributed by atoms with Crippen LogP contribution in [0.2, 0.25) is 0 Å². The molecule has 0 aliphatic carbocycles. The van der Waals surface area contributed by atoms with Crippen LogP contribution in [0, 0.1) is 0 Å². The average molecular weight is 263 g/mol. The predicted molar refractivity (Wildman–Crippen MR) is 65.2 cm³/mol. The highest BCUT2D eigenvalue weighted by Crippen LogP contribution is 2.16. The third-order valence-electron chi connectivity index (χ3n) is 2.53. The molecule has 100 valence electrons. The monoisotopic (exact) mass is 263 g/mol. The summed E-state index contributed by atoms with van der Waals surface area (Å²) in [6.07, 6.45) is 1.23. The van der Waals surface area contributed by atoms with Gasteiger partial charge in [0.15, 0.2) is 0 Å². The number of nitrogens with zero attached hydrogens (tertiary/aromatic N) is 2. The maximum atomic E-state index is 11.8. The first-order valence-corrected chi connectivity index (χ1v) is 5.63. The number of amides is 1. The summed E-state index contributed by atoms with van der Waals surface area (Å²) in [5.41, 5.74) is 1.12. The van der Waals surface area contributed by atoms with Crippen LogP contribution in [-0.2, 0) is 0 Å². The summed E-state index contributed by atoms with van der Waals surface area (Å²) in [4.78, 5) is 11.8. The van der Waals surface area contributed by atoms with E-state index in [4.69, 9.17) is 14.6 Å². The van der Waals surface area contributed by atoms with Crippen LogP contribution in [0.25, 0.3) is 11.5 Å². The second-order valence-electron chi connectivity index (χ2n) is 3.86. The van der Waals surface area contributed by atoms with E-state index in [0.29, 0.717) is 17.0 Å². The minimum absolute atomic E-state index is 0.317. The molecule has 3 N–H and O–H groups in total. The van der Waals surface area contributed by atoms with Crippen molar-refractivity contribution in [1.82, 2.24) is 15.5 Å². The first kappa shape index (κ1) is 13.2. The Bertz CT molecular complexity index is 520. The highest BCUT2D eigenvalue weighted by atomic mass is 16.4. The molecule has 0 spiro atoms. The van der Waals surface area contributed by atoms with Crippen LogP contribution in [0.3, 0.4) is 0 Å². The fraction of sp³-hybridized carbons (Fsp3) is 0.250. The first-order chi connectivity index (χ1) is 9.24. The molecule has 0 fully saturated rings. The van der Waals surface area contributed by atoms with E-state index in [1.165, 1.54) is 6.39 Å². The number of nitrogens with one attached hydrogen (secondary N) is 1. The van der Waals surface area contributed by atoms with Gasteiger partial charge in [-0.1, -0.05) is 0 Å². The summed E-state index contributed by atoms with van der Waals surface area (Å²) < 4.78 is 5.03. The molecule has 0 aliphatic heterocycles. The van der Waals surface area contributed by atoms with E-state index in [1.807, 2.05) is 0 Å². The van der Waals surface area contributed by atoms with Crippen molar-refractivity contribution in [2.75, 3.05) is 13.2 Å². The van der Waals surface area contributed by atoms with Gasteiger partial charge in [-0.2, -0.15) is 0 Å². The van der Waals surface area contributed by atoms with Crippen LogP contribution in [0.4, 0.5) is 0 Å². The van der Waals surface area contributed by atoms with Gasteiger partial charge < -0.3 is 19.9 Å². The van der Waals surface area contributed by atoms with E-state index in [9.17, 15) is 4.79 Å².